The number of rotatable bonds is 3. The Balaban J connectivity index is 2.23. The zero-order valence-electron chi connectivity index (χ0n) is 11.3. The van der Waals surface area contributed by atoms with Crippen LogP contribution < -0.4 is 10.6 Å². The van der Waals surface area contributed by atoms with Gasteiger partial charge in [-0.15, -0.1) is 0 Å². The lowest BCUT2D eigenvalue weighted by Crippen LogP contribution is -2.35. The van der Waals surface area contributed by atoms with Gasteiger partial charge in [0, 0.05) is 19.1 Å². The van der Waals surface area contributed by atoms with E-state index in [4.69, 9.17) is 5.73 Å². The van der Waals surface area contributed by atoms with Crippen molar-refractivity contribution in [2.24, 2.45) is 11.7 Å². The van der Waals surface area contributed by atoms with Crippen LogP contribution in [0, 0.1) is 11.7 Å². The molecule has 3 heteroatoms. The average Bonchev–Trinajstić information content (AvgIpc) is 2.38. The molecule has 1 aromatic carbocycles. The number of piperidine rings is 1. The predicted molar refractivity (Wildman–Crippen MR) is 74.2 cm³/mol. The third-order valence-electron chi connectivity index (χ3n) is 4.02. The van der Waals surface area contributed by atoms with Crippen LogP contribution in [-0.4, -0.2) is 13.1 Å². The lowest BCUT2D eigenvalue weighted by molar-refractivity contribution is 0.392. The van der Waals surface area contributed by atoms with Gasteiger partial charge in [-0.2, -0.15) is 0 Å². The molecular formula is C15H23FN2. The van der Waals surface area contributed by atoms with Gasteiger partial charge < -0.3 is 10.6 Å². The van der Waals surface area contributed by atoms with Crippen molar-refractivity contribution in [1.29, 1.82) is 0 Å². The van der Waals surface area contributed by atoms with E-state index in [2.05, 4.69) is 11.8 Å². The van der Waals surface area contributed by atoms with E-state index in [0.29, 0.717) is 0 Å². The number of hydrogen-bond acceptors (Lipinski definition) is 2. The summed E-state index contributed by atoms with van der Waals surface area (Å²) in [5, 5.41) is 0. The first-order valence-electron chi connectivity index (χ1n) is 6.92. The molecule has 1 heterocycles. The van der Waals surface area contributed by atoms with Crippen molar-refractivity contribution in [3.63, 3.8) is 0 Å². The molecule has 0 saturated carbocycles. The van der Waals surface area contributed by atoms with Gasteiger partial charge in [-0.3, -0.25) is 0 Å². The molecule has 1 fully saturated rings. The van der Waals surface area contributed by atoms with Gasteiger partial charge in [0.2, 0.25) is 0 Å². The van der Waals surface area contributed by atoms with Gasteiger partial charge in [0.05, 0.1) is 5.69 Å². The third-order valence-corrected chi connectivity index (χ3v) is 4.02. The number of nitrogens with two attached hydrogens (primary N) is 1. The van der Waals surface area contributed by atoms with E-state index < -0.39 is 0 Å². The largest absolute Gasteiger partial charge is 0.369 e. The van der Waals surface area contributed by atoms with Crippen molar-refractivity contribution in [3.05, 3.63) is 29.6 Å². The van der Waals surface area contributed by atoms with Crippen LogP contribution >= 0.6 is 0 Å². The molecular weight excluding hydrogens is 227 g/mol. The average molecular weight is 250 g/mol. The molecule has 1 aliphatic heterocycles. The number of para-hydroxylation sites is 1. The highest BCUT2D eigenvalue weighted by atomic mass is 19.1. The molecule has 0 aliphatic carbocycles. The smallest absolute Gasteiger partial charge is 0.146 e. The van der Waals surface area contributed by atoms with Gasteiger partial charge in [-0.05, 0) is 37.3 Å². The van der Waals surface area contributed by atoms with Gasteiger partial charge in [-0.25, -0.2) is 4.39 Å². The predicted octanol–water partition coefficient (Wildman–Crippen LogP) is 3.47. The highest BCUT2D eigenvalue weighted by Crippen LogP contribution is 2.32. The summed E-state index contributed by atoms with van der Waals surface area (Å²) < 4.78 is 14.1. The topological polar surface area (TPSA) is 29.3 Å². The summed E-state index contributed by atoms with van der Waals surface area (Å²) in [6.45, 7) is 6.03. The minimum absolute atomic E-state index is 0.125. The van der Waals surface area contributed by atoms with Crippen LogP contribution in [0.15, 0.2) is 18.2 Å². The lowest BCUT2D eigenvalue weighted by atomic mass is 9.93. The number of halogens is 1. The van der Waals surface area contributed by atoms with Crippen LogP contribution in [0.4, 0.5) is 10.1 Å². The fourth-order valence-electron chi connectivity index (χ4n) is 2.80. The van der Waals surface area contributed by atoms with Crippen molar-refractivity contribution in [2.75, 3.05) is 18.0 Å². The van der Waals surface area contributed by atoms with Crippen molar-refractivity contribution < 1.29 is 4.39 Å². The van der Waals surface area contributed by atoms with Crippen molar-refractivity contribution in [3.8, 4) is 0 Å². The SMILES string of the molecule is CCC1CCN(c2c(F)cccc2[C@H](C)N)CC1. The van der Waals surface area contributed by atoms with E-state index in [1.807, 2.05) is 13.0 Å². The molecule has 2 N–H and O–H groups in total. The molecule has 18 heavy (non-hydrogen) atoms. The van der Waals surface area contributed by atoms with Crippen LogP contribution in [0.3, 0.4) is 0 Å². The Morgan fingerprint density at radius 2 is 2.06 bits per heavy atom. The van der Waals surface area contributed by atoms with Crippen molar-refractivity contribution in [1.82, 2.24) is 0 Å². The number of hydrogen-bond donors (Lipinski definition) is 1. The van der Waals surface area contributed by atoms with Crippen LogP contribution in [0.2, 0.25) is 0 Å². The standard InChI is InChI=1S/C15H23FN2/c1-3-12-7-9-18(10-8-12)15-13(11(2)17)5-4-6-14(15)16/h4-6,11-12H,3,7-10,17H2,1-2H3/t11-/m0/s1. The highest BCUT2D eigenvalue weighted by Gasteiger charge is 2.23. The minimum atomic E-state index is -0.139. The monoisotopic (exact) mass is 250 g/mol. The Bertz CT molecular complexity index is 395. The molecule has 100 valence electrons. The van der Waals surface area contributed by atoms with Gasteiger partial charge in [-0.1, -0.05) is 25.5 Å². The zero-order chi connectivity index (χ0) is 13.1. The van der Waals surface area contributed by atoms with E-state index in [9.17, 15) is 4.39 Å². The third kappa shape index (κ3) is 2.66. The highest BCUT2D eigenvalue weighted by molar-refractivity contribution is 5.56. The molecule has 2 nitrogen and oxygen atoms in total. The Labute approximate surface area is 109 Å². The van der Waals surface area contributed by atoms with Crippen LogP contribution in [-0.2, 0) is 0 Å². The number of nitrogens with zero attached hydrogens (tertiary/aromatic N) is 1. The summed E-state index contributed by atoms with van der Waals surface area (Å²) in [7, 11) is 0. The second kappa shape index (κ2) is 5.70. The number of benzene rings is 1. The van der Waals surface area contributed by atoms with Crippen molar-refractivity contribution >= 4 is 5.69 Å². The van der Waals surface area contributed by atoms with E-state index >= 15 is 0 Å². The number of anilines is 1. The van der Waals surface area contributed by atoms with E-state index in [-0.39, 0.29) is 11.9 Å². The molecule has 0 radical (unpaired) electrons. The van der Waals surface area contributed by atoms with Crippen LogP contribution in [0.1, 0.15) is 44.7 Å². The van der Waals surface area contributed by atoms with Gasteiger partial charge in [0.1, 0.15) is 5.82 Å². The quantitative estimate of drug-likeness (QED) is 0.890. The summed E-state index contributed by atoms with van der Waals surface area (Å²) in [5.74, 6) is 0.659. The second-order valence-electron chi connectivity index (χ2n) is 5.31. The fourth-order valence-corrected chi connectivity index (χ4v) is 2.80. The van der Waals surface area contributed by atoms with Gasteiger partial charge in [0.15, 0.2) is 0 Å². The maximum Gasteiger partial charge on any atom is 0.146 e. The molecule has 1 atom stereocenters. The zero-order valence-corrected chi connectivity index (χ0v) is 11.3. The summed E-state index contributed by atoms with van der Waals surface area (Å²) in [5.41, 5.74) is 7.60. The summed E-state index contributed by atoms with van der Waals surface area (Å²) in [6.07, 6.45) is 3.54. The van der Waals surface area contributed by atoms with E-state index in [1.54, 1.807) is 6.07 Å². The lowest BCUT2D eigenvalue weighted by Gasteiger charge is -2.35. The molecule has 1 aliphatic rings. The summed E-state index contributed by atoms with van der Waals surface area (Å²) >= 11 is 0. The Morgan fingerprint density at radius 3 is 2.61 bits per heavy atom. The molecule has 0 aromatic heterocycles. The van der Waals surface area contributed by atoms with Crippen LogP contribution in [0.5, 0.6) is 0 Å². The molecule has 1 aromatic rings. The first-order valence-corrected chi connectivity index (χ1v) is 6.92. The second-order valence-corrected chi connectivity index (χ2v) is 5.31. The van der Waals surface area contributed by atoms with E-state index in [0.717, 1.165) is 43.1 Å². The maximum atomic E-state index is 14.1. The Kier molecular flexibility index (Phi) is 4.23. The van der Waals surface area contributed by atoms with Gasteiger partial charge >= 0.3 is 0 Å². The molecule has 0 unspecified atom stereocenters. The van der Waals surface area contributed by atoms with Gasteiger partial charge in [0.25, 0.3) is 0 Å². The molecule has 1 saturated heterocycles. The summed E-state index contributed by atoms with van der Waals surface area (Å²) in [4.78, 5) is 2.17. The first kappa shape index (κ1) is 13.3. The molecule has 2 rings (SSSR count). The summed E-state index contributed by atoms with van der Waals surface area (Å²) in [6, 6.07) is 5.10. The molecule has 0 bridgehead atoms. The first-order chi connectivity index (χ1) is 8.63. The normalized spacial score (nSPS) is 19.0. The minimum Gasteiger partial charge on any atom is -0.369 e. The maximum absolute atomic E-state index is 14.1. The Hall–Kier alpha value is -1.09. The molecule has 0 spiro atoms. The molecule has 0 amide bonds. The van der Waals surface area contributed by atoms with E-state index in [1.165, 1.54) is 12.5 Å². The van der Waals surface area contributed by atoms with Crippen molar-refractivity contribution in [2.45, 2.75) is 39.2 Å². The Morgan fingerprint density at radius 1 is 1.39 bits per heavy atom. The fraction of sp³-hybridized carbons (Fsp3) is 0.600. The van der Waals surface area contributed by atoms with Crippen LogP contribution in [0.25, 0.3) is 0 Å².